The third-order valence-electron chi connectivity index (χ3n) is 1.75. The molecule has 1 aliphatic rings. The maximum atomic E-state index is 11.4. The summed E-state index contributed by atoms with van der Waals surface area (Å²) in [6.07, 6.45) is 5.13. The number of carbonyl (C=O) groups excluding carboxylic acids is 1. The summed E-state index contributed by atoms with van der Waals surface area (Å²) in [5, 5.41) is 0. The second kappa shape index (κ2) is 3.92. The lowest BCUT2D eigenvalue weighted by Crippen LogP contribution is -2.40. The summed E-state index contributed by atoms with van der Waals surface area (Å²) in [5.74, 6) is -0.111. The first-order chi connectivity index (χ1) is 6.13. The highest BCUT2D eigenvalue weighted by Crippen LogP contribution is 2.06. The van der Waals surface area contributed by atoms with Gasteiger partial charge >= 0.3 is 0 Å². The largest absolute Gasteiger partial charge is 0.347 e. The highest BCUT2D eigenvalue weighted by atomic mass is 16.2. The number of likely N-dealkylation sites (N-methyl/N-ethyl adjacent to an activating group) is 1. The molecule has 0 aromatic rings. The molecule has 13 heavy (non-hydrogen) atoms. The van der Waals surface area contributed by atoms with E-state index in [1.165, 1.54) is 4.90 Å². The zero-order valence-corrected chi connectivity index (χ0v) is 7.74. The summed E-state index contributed by atoms with van der Waals surface area (Å²) < 4.78 is 0. The van der Waals surface area contributed by atoms with Crippen LogP contribution in [-0.4, -0.2) is 30.9 Å². The molecule has 0 saturated heterocycles. The number of amides is 1. The fourth-order valence-corrected chi connectivity index (χ4v) is 0.973. The van der Waals surface area contributed by atoms with Crippen LogP contribution in [0.15, 0.2) is 35.3 Å². The van der Waals surface area contributed by atoms with Gasteiger partial charge in [-0.2, -0.15) is 0 Å². The molecule has 3 heteroatoms. The lowest BCUT2D eigenvalue weighted by atomic mass is 10.1. The summed E-state index contributed by atoms with van der Waals surface area (Å²) >= 11 is 0. The first-order valence-corrected chi connectivity index (χ1v) is 3.97. The molecule has 1 atom stereocenters. The van der Waals surface area contributed by atoms with Gasteiger partial charge < -0.3 is 10.6 Å². The van der Waals surface area contributed by atoms with Crippen LogP contribution in [0.3, 0.4) is 0 Å². The number of carbonyl (C=O) groups is 1. The summed E-state index contributed by atoms with van der Waals surface area (Å²) in [4.78, 5) is 12.9. The van der Waals surface area contributed by atoms with Crippen molar-refractivity contribution in [2.75, 3.05) is 14.1 Å². The summed E-state index contributed by atoms with van der Waals surface area (Å²) in [7, 11) is 3.36. The van der Waals surface area contributed by atoms with Gasteiger partial charge in [0, 0.05) is 14.1 Å². The van der Waals surface area contributed by atoms with Crippen LogP contribution in [0, 0.1) is 0 Å². The quantitative estimate of drug-likeness (QED) is 0.611. The van der Waals surface area contributed by atoms with Crippen molar-refractivity contribution in [2.45, 2.75) is 6.04 Å². The van der Waals surface area contributed by atoms with Gasteiger partial charge in [0.15, 0.2) is 0 Å². The topological polar surface area (TPSA) is 46.3 Å². The standard InChI is InChI=1S/C10H12N2O/c1-12(2)10(13)9(11)8-6-4-3-5-7-8/h4,6-7,9H,11H2,1-2H3. The van der Waals surface area contributed by atoms with E-state index in [0.29, 0.717) is 0 Å². The highest BCUT2D eigenvalue weighted by Gasteiger charge is 2.18. The predicted octanol–water partition coefficient (Wildman–Crippen LogP) is 0.208. The molecule has 0 heterocycles. The van der Waals surface area contributed by atoms with Crippen molar-refractivity contribution in [3.63, 3.8) is 0 Å². The lowest BCUT2D eigenvalue weighted by Gasteiger charge is -2.17. The summed E-state index contributed by atoms with van der Waals surface area (Å²) in [6, 6.07) is -0.596. The molecule has 0 spiro atoms. The van der Waals surface area contributed by atoms with Gasteiger partial charge in [-0.25, -0.2) is 0 Å². The maximum absolute atomic E-state index is 11.4. The minimum Gasteiger partial charge on any atom is -0.347 e. The van der Waals surface area contributed by atoms with Crippen LogP contribution in [0.1, 0.15) is 0 Å². The molecule has 0 aromatic heterocycles. The minimum absolute atomic E-state index is 0.111. The van der Waals surface area contributed by atoms with Crippen LogP contribution in [-0.2, 0) is 4.79 Å². The van der Waals surface area contributed by atoms with E-state index in [4.69, 9.17) is 5.73 Å². The molecule has 0 bridgehead atoms. The molecule has 1 unspecified atom stereocenters. The fourth-order valence-electron chi connectivity index (χ4n) is 0.973. The van der Waals surface area contributed by atoms with E-state index in [2.05, 4.69) is 11.5 Å². The molecule has 1 rings (SSSR count). The fraction of sp³-hybridized carbons (Fsp3) is 0.300. The van der Waals surface area contributed by atoms with E-state index in [-0.39, 0.29) is 5.91 Å². The van der Waals surface area contributed by atoms with E-state index < -0.39 is 6.04 Å². The zero-order valence-electron chi connectivity index (χ0n) is 7.74. The van der Waals surface area contributed by atoms with Crippen LogP contribution in [0.4, 0.5) is 0 Å². The molecule has 1 aliphatic carbocycles. The number of hydrogen-bond donors (Lipinski definition) is 1. The Morgan fingerprint density at radius 3 is 2.69 bits per heavy atom. The van der Waals surface area contributed by atoms with Crippen LogP contribution in [0.25, 0.3) is 0 Å². The van der Waals surface area contributed by atoms with E-state index >= 15 is 0 Å². The van der Waals surface area contributed by atoms with Gasteiger partial charge in [0.05, 0.1) is 0 Å². The molecule has 0 aliphatic heterocycles. The van der Waals surface area contributed by atoms with E-state index in [0.717, 1.165) is 5.57 Å². The van der Waals surface area contributed by atoms with Gasteiger partial charge in [-0.05, 0) is 23.8 Å². The van der Waals surface area contributed by atoms with Gasteiger partial charge in [-0.1, -0.05) is 11.5 Å². The second-order valence-electron chi connectivity index (χ2n) is 2.98. The van der Waals surface area contributed by atoms with Crippen LogP contribution < -0.4 is 5.73 Å². The van der Waals surface area contributed by atoms with E-state index in [1.807, 2.05) is 0 Å². The number of rotatable bonds is 2. The van der Waals surface area contributed by atoms with Crippen molar-refractivity contribution in [3.8, 4) is 0 Å². The predicted molar refractivity (Wildman–Crippen MR) is 50.9 cm³/mol. The van der Waals surface area contributed by atoms with Crippen LogP contribution >= 0.6 is 0 Å². The van der Waals surface area contributed by atoms with Gasteiger partial charge in [-0.15, -0.1) is 0 Å². The Balaban J connectivity index is 2.75. The first-order valence-electron chi connectivity index (χ1n) is 3.97. The molecule has 0 radical (unpaired) electrons. The lowest BCUT2D eigenvalue weighted by molar-refractivity contribution is -0.129. The minimum atomic E-state index is -0.596. The number of nitrogens with zero attached hydrogens (tertiary/aromatic N) is 1. The number of nitrogens with two attached hydrogens (primary N) is 1. The highest BCUT2D eigenvalue weighted by molar-refractivity contribution is 5.85. The molecule has 0 saturated carbocycles. The van der Waals surface area contributed by atoms with Crippen molar-refractivity contribution >= 4 is 5.91 Å². The normalized spacial score (nSPS) is 15.5. The van der Waals surface area contributed by atoms with Crippen molar-refractivity contribution in [1.29, 1.82) is 0 Å². The average Bonchev–Trinajstić information content (AvgIpc) is 2.17. The molecule has 0 aromatic carbocycles. The number of allylic oxidation sites excluding steroid dienone is 2. The third-order valence-corrected chi connectivity index (χ3v) is 1.75. The Labute approximate surface area is 77.5 Å². The van der Waals surface area contributed by atoms with Crippen molar-refractivity contribution in [2.24, 2.45) is 5.73 Å². The van der Waals surface area contributed by atoms with Crippen LogP contribution in [0.2, 0.25) is 0 Å². The van der Waals surface area contributed by atoms with Gasteiger partial charge in [-0.3, -0.25) is 4.79 Å². The van der Waals surface area contributed by atoms with Gasteiger partial charge in [0.1, 0.15) is 6.04 Å². The molecule has 0 fully saturated rings. The molecule has 68 valence electrons. The number of hydrogen-bond acceptors (Lipinski definition) is 2. The van der Waals surface area contributed by atoms with Crippen molar-refractivity contribution < 1.29 is 4.79 Å². The molecule has 3 nitrogen and oxygen atoms in total. The van der Waals surface area contributed by atoms with Gasteiger partial charge in [0.2, 0.25) is 5.91 Å². The summed E-state index contributed by atoms with van der Waals surface area (Å²) in [6.45, 7) is 0. The Bertz CT molecular complexity index is 340. The van der Waals surface area contributed by atoms with Crippen molar-refractivity contribution in [1.82, 2.24) is 4.90 Å². The smallest absolute Gasteiger partial charge is 0.243 e. The third kappa shape index (κ3) is 2.20. The molecule has 1 amide bonds. The molecular weight excluding hydrogens is 164 g/mol. The zero-order chi connectivity index (χ0) is 9.84. The average molecular weight is 176 g/mol. The Hall–Kier alpha value is -1.53. The Kier molecular flexibility index (Phi) is 2.88. The monoisotopic (exact) mass is 176 g/mol. The second-order valence-corrected chi connectivity index (χ2v) is 2.98. The molecular formula is C10H12N2O. The van der Waals surface area contributed by atoms with Crippen molar-refractivity contribution in [3.05, 3.63) is 35.3 Å². The SMILES string of the molecule is CN(C)C(=O)C(N)C1=CC=C=C=C1. The Morgan fingerprint density at radius 2 is 2.23 bits per heavy atom. The van der Waals surface area contributed by atoms with E-state index in [9.17, 15) is 4.79 Å². The van der Waals surface area contributed by atoms with Crippen LogP contribution in [0.5, 0.6) is 0 Å². The Morgan fingerprint density at radius 1 is 1.54 bits per heavy atom. The first kappa shape index (κ1) is 9.56. The summed E-state index contributed by atoms with van der Waals surface area (Å²) in [5.41, 5.74) is 12.0. The molecule has 2 N–H and O–H groups in total. The van der Waals surface area contributed by atoms with Gasteiger partial charge in [0.25, 0.3) is 0 Å². The maximum Gasteiger partial charge on any atom is 0.243 e. The van der Waals surface area contributed by atoms with E-state index in [1.54, 1.807) is 32.3 Å².